The third kappa shape index (κ3) is 9.66. The summed E-state index contributed by atoms with van der Waals surface area (Å²) >= 11 is 0. The van der Waals surface area contributed by atoms with Gasteiger partial charge in [-0.05, 0) is 197 Å². The van der Waals surface area contributed by atoms with Gasteiger partial charge < -0.3 is 28.4 Å². The third-order valence-corrected chi connectivity index (χ3v) is 24.2. The summed E-state index contributed by atoms with van der Waals surface area (Å²) in [6.45, 7) is 15.1. The van der Waals surface area contributed by atoms with Gasteiger partial charge in [0, 0.05) is 23.7 Å². The predicted molar refractivity (Wildman–Crippen MR) is 279 cm³/mol. The Bertz CT molecular complexity index is 2280. The Morgan fingerprint density at radius 1 is 0.592 bits per heavy atom. The van der Waals surface area contributed by atoms with E-state index in [0.717, 1.165) is 116 Å². The molecule has 20 atom stereocenters. The largest absolute Gasteiger partial charge is 0.469 e. The molecule has 16 heteroatoms. The Morgan fingerprint density at radius 3 is 1.42 bits per heavy atom. The summed E-state index contributed by atoms with van der Waals surface area (Å²) in [6, 6.07) is 0. The molecular weight excluding hydrogens is 965 g/mol. The number of esters is 4. The number of hydrogen-bond donors (Lipinski definition) is 0. The number of methoxy groups -OCH3 is 2. The molecule has 0 saturated heterocycles. The molecule has 0 unspecified atom stereocenters. The Balaban J connectivity index is 0.854. The molecule has 8 aliphatic carbocycles. The molecule has 12 aliphatic rings. The zero-order valence-corrected chi connectivity index (χ0v) is 47.1. The van der Waals surface area contributed by atoms with Gasteiger partial charge in [-0.2, -0.15) is 0 Å². The lowest BCUT2D eigenvalue weighted by Crippen LogP contribution is -2.59. The van der Waals surface area contributed by atoms with Crippen molar-refractivity contribution in [1.82, 2.24) is 30.0 Å². The highest BCUT2D eigenvalue weighted by Crippen LogP contribution is 2.71. The van der Waals surface area contributed by atoms with E-state index in [4.69, 9.17) is 28.4 Å². The topological polar surface area (TPSA) is 185 Å². The Morgan fingerprint density at radius 2 is 1.01 bits per heavy atom. The fourth-order valence-electron chi connectivity index (χ4n) is 20.2. The number of carbonyl (C=O) groups excluding carboxylic acids is 4. The molecule has 76 heavy (non-hydrogen) atoms. The number of rotatable bonds is 8. The standard InChI is InChI=1S/C60H90N6O10/c1-35(9-19-53(67)71-7)45-15-17-47-43-13-11-37-25-41-21-23-57(37,3)49(43)27-51(59(45,47)5)75-55(69)31-65-29-39(61-63-65)33-74-42-22-24-58(4)38(26-42)12-14-44-48-18-16-46(36(2)10-20-54(68)72-8)60(48,6)52(28-50(44)58)76-56(70)32-66-30-40(34-73-41)62-64-66/h29-30,35-38,41-52H,9-28,31-34H2,1-8H3/t35-,36-,37-,38-,41-,42-,43+,44+,45-,46-,47+,48+,49+,50+,51+,52+,57+,58+,59-,60-/m1/s1. The van der Waals surface area contributed by atoms with E-state index in [2.05, 4.69) is 62.2 Å². The van der Waals surface area contributed by atoms with Crippen molar-refractivity contribution >= 4 is 23.9 Å². The van der Waals surface area contributed by atoms with Crippen LogP contribution >= 0.6 is 0 Å². The summed E-state index contributed by atoms with van der Waals surface area (Å²) in [6.07, 6.45) is 22.3. The van der Waals surface area contributed by atoms with Crippen molar-refractivity contribution in [2.75, 3.05) is 14.2 Å². The van der Waals surface area contributed by atoms with Gasteiger partial charge in [0.1, 0.15) is 36.7 Å². The number of hydrogen-bond acceptors (Lipinski definition) is 14. The lowest BCUT2D eigenvalue weighted by molar-refractivity contribution is -0.200. The van der Waals surface area contributed by atoms with E-state index in [0.29, 0.717) is 96.6 Å². The number of aromatic nitrogens is 6. The summed E-state index contributed by atoms with van der Waals surface area (Å²) in [7, 11) is 2.93. The third-order valence-electron chi connectivity index (χ3n) is 24.2. The summed E-state index contributed by atoms with van der Waals surface area (Å²) in [4.78, 5) is 53.4. The van der Waals surface area contributed by atoms with Crippen LogP contribution in [0.2, 0.25) is 0 Å². The first-order chi connectivity index (χ1) is 36.4. The van der Waals surface area contributed by atoms with Gasteiger partial charge in [-0.15, -0.1) is 10.2 Å². The van der Waals surface area contributed by atoms with Crippen molar-refractivity contribution in [3.8, 4) is 0 Å². The van der Waals surface area contributed by atoms with Crippen LogP contribution in [-0.2, 0) is 73.9 Å². The van der Waals surface area contributed by atoms with Crippen LogP contribution < -0.4 is 0 Å². The van der Waals surface area contributed by atoms with Crippen LogP contribution in [-0.4, -0.2) is 92.5 Å². The first kappa shape index (κ1) is 54.1. The number of nitrogens with zero attached hydrogens (tertiary/aromatic N) is 6. The van der Waals surface area contributed by atoms with E-state index in [1.807, 2.05) is 12.4 Å². The molecule has 0 spiro atoms. The molecule has 14 rings (SSSR count). The van der Waals surface area contributed by atoms with Gasteiger partial charge in [0.15, 0.2) is 0 Å². The SMILES string of the molecule is COC(=O)CC[C@@H](C)[C@H]1CC[C@H]2[C@@H]3CC[C@@H]4C[C@H]5CC[C@]4(C)[C@H]3C[C@H](OC(=O)Cn3cc(nn3)CO[C@@H]3CC[C@@]4(C)[C@H](CC[C@@H]6[C@@H]4C[C@H](OC(=O)Cn4cc(nn4)CO5)[C@]4(C)[C@@H]([C@H](C)CCC(=O)OC)CC[C@@H]64)C3)[C@]12C. The van der Waals surface area contributed by atoms with Gasteiger partial charge in [-0.25, -0.2) is 9.36 Å². The second-order valence-corrected chi connectivity index (χ2v) is 27.3. The Labute approximate surface area is 451 Å². The maximum atomic E-state index is 14.3. The first-order valence-electron chi connectivity index (χ1n) is 30.0. The van der Waals surface area contributed by atoms with Gasteiger partial charge in [0.25, 0.3) is 0 Å². The zero-order valence-electron chi connectivity index (χ0n) is 47.1. The highest BCUT2D eigenvalue weighted by Gasteiger charge is 2.67. The van der Waals surface area contributed by atoms with Crippen molar-refractivity contribution in [2.45, 2.75) is 221 Å². The minimum Gasteiger partial charge on any atom is -0.469 e. The molecule has 0 aromatic carbocycles. The fraction of sp³-hybridized carbons (Fsp3) is 0.867. The quantitative estimate of drug-likeness (QED) is 0.180. The number of carbonyl (C=O) groups is 4. The van der Waals surface area contributed by atoms with Crippen molar-refractivity contribution in [1.29, 1.82) is 0 Å². The van der Waals surface area contributed by atoms with E-state index in [1.165, 1.54) is 14.2 Å². The average molecular weight is 1060 g/mol. The number of ether oxygens (including phenoxy) is 6. The highest BCUT2D eigenvalue weighted by molar-refractivity contribution is 5.70. The van der Waals surface area contributed by atoms with Crippen molar-refractivity contribution in [3.63, 3.8) is 0 Å². The van der Waals surface area contributed by atoms with Gasteiger partial charge >= 0.3 is 23.9 Å². The van der Waals surface area contributed by atoms with Crippen LogP contribution in [0.15, 0.2) is 12.4 Å². The van der Waals surface area contributed by atoms with Crippen molar-refractivity contribution < 1.29 is 47.6 Å². The molecule has 0 amide bonds. The van der Waals surface area contributed by atoms with Gasteiger partial charge in [-0.1, -0.05) is 52.0 Å². The molecule has 8 fully saturated rings. The summed E-state index contributed by atoms with van der Waals surface area (Å²) in [5.74, 6) is 4.03. The highest BCUT2D eigenvalue weighted by atomic mass is 16.6. The molecule has 0 radical (unpaired) electrons. The van der Waals surface area contributed by atoms with Gasteiger partial charge in [0.05, 0.1) is 52.0 Å². The second kappa shape index (κ2) is 21.3. The van der Waals surface area contributed by atoms with Crippen molar-refractivity contribution in [3.05, 3.63) is 23.8 Å². The molecule has 2 aromatic heterocycles. The van der Waals surface area contributed by atoms with Gasteiger partial charge in [-0.3, -0.25) is 19.2 Å². The van der Waals surface area contributed by atoms with Crippen LogP contribution in [0.5, 0.6) is 0 Å². The van der Waals surface area contributed by atoms with E-state index in [-0.39, 0.29) is 94.9 Å². The molecule has 4 aliphatic heterocycles. The first-order valence-corrected chi connectivity index (χ1v) is 30.0. The molecule has 14 bridgehead atoms. The Hall–Kier alpha value is -3.92. The van der Waals surface area contributed by atoms with Crippen LogP contribution in [0.1, 0.15) is 181 Å². The van der Waals surface area contributed by atoms with Crippen LogP contribution in [0.3, 0.4) is 0 Å². The van der Waals surface area contributed by atoms with Crippen LogP contribution in [0.25, 0.3) is 0 Å². The molecule has 16 nitrogen and oxygen atoms in total. The lowest BCUT2D eigenvalue weighted by atomic mass is 9.43. The molecular formula is C60H90N6O10. The summed E-state index contributed by atoms with van der Waals surface area (Å²) in [5, 5.41) is 17.9. The zero-order chi connectivity index (χ0) is 53.3. The number of fused-ring (bicyclic) bond motifs is 4. The maximum absolute atomic E-state index is 14.3. The fourth-order valence-corrected chi connectivity index (χ4v) is 20.2. The minimum atomic E-state index is -0.275. The van der Waals surface area contributed by atoms with E-state index in [9.17, 15) is 19.2 Å². The molecule has 420 valence electrons. The van der Waals surface area contributed by atoms with Crippen LogP contribution in [0, 0.1) is 92.7 Å². The summed E-state index contributed by atoms with van der Waals surface area (Å²) in [5.41, 5.74) is 1.15. The van der Waals surface area contributed by atoms with Crippen LogP contribution in [0.4, 0.5) is 0 Å². The maximum Gasteiger partial charge on any atom is 0.328 e. The average Bonchev–Trinajstić information content (AvgIpc) is 4.31. The summed E-state index contributed by atoms with van der Waals surface area (Å²) < 4.78 is 40.5. The second-order valence-electron chi connectivity index (χ2n) is 27.3. The van der Waals surface area contributed by atoms with E-state index in [1.54, 1.807) is 9.36 Å². The molecule has 8 saturated carbocycles. The van der Waals surface area contributed by atoms with Gasteiger partial charge in [0.2, 0.25) is 0 Å². The minimum absolute atomic E-state index is 0.0104. The van der Waals surface area contributed by atoms with E-state index >= 15 is 0 Å². The van der Waals surface area contributed by atoms with E-state index < -0.39 is 0 Å². The smallest absolute Gasteiger partial charge is 0.328 e. The monoisotopic (exact) mass is 1050 g/mol. The normalized spacial score (nSPS) is 43.1. The molecule has 6 heterocycles. The lowest BCUT2D eigenvalue weighted by Gasteiger charge is -2.63. The predicted octanol–water partition coefficient (Wildman–Crippen LogP) is 9.89. The Kier molecular flexibility index (Phi) is 15.1. The molecule has 0 N–H and O–H groups in total. The van der Waals surface area contributed by atoms with Crippen molar-refractivity contribution in [2.24, 2.45) is 92.7 Å². The molecule has 2 aromatic rings.